The van der Waals surface area contributed by atoms with Gasteiger partial charge in [-0.2, -0.15) is 13.2 Å². The topological polar surface area (TPSA) is 51.8 Å². The molecule has 2 aromatic rings. The van der Waals surface area contributed by atoms with E-state index in [1.165, 1.54) is 12.1 Å². The summed E-state index contributed by atoms with van der Waals surface area (Å²) in [6, 6.07) is 5.38. The van der Waals surface area contributed by atoms with E-state index < -0.39 is 11.7 Å². The second-order valence-corrected chi connectivity index (χ2v) is 4.79. The maximum atomic E-state index is 13.1. The molecule has 1 heterocycles. The minimum Gasteiger partial charge on any atom is -0.383 e. The lowest BCUT2D eigenvalue weighted by atomic mass is 10.0. The second kappa shape index (κ2) is 5.71. The molecule has 0 unspecified atom stereocenters. The number of alkyl halides is 3. The summed E-state index contributed by atoms with van der Waals surface area (Å²) in [4.78, 5) is 8.40. The average Bonchev–Trinajstić information content (AvgIpc) is 2.42. The summed E-state index contributed by atoms with van der Waals surface area (Å²) in [6.07, 6.45) is -3.07. The standard InChI is InChI=1S/C15H16F3N3/c1-3-6-12-20-13(9(2)14(19)21-12)10-7-4-5-8-11(10)15(16,17)18/h4-5,7-8H,3,6H2,1-2H3,(H2,19,20,21). The monoisotopic (exact) mass is 295 g/mol. The van der Waals surface area contributed by atoms with Gasteiger partial charge in [-0.25, -0.2) is 9.97 Å². The van der Waals surface area contributed by atoms with Crippen LogP contribution in [0.1, 0.15) is 30.3 Å². The van der Waals surface area contributed by atoms with Crippen molar-refractivity contribution in [3.63, 3.8) is 0 Å². The van der Waals surface area contributed by atoms with Gasteiger partial charge in [0, 0.05) is 17.5 Å². The van der Waals surface area contributed by atoms with Crippen LogP contribution in [-0.2, 0) is 12.6 Å². The maximum Gasteiger partial charge on any atom is 0.417 e. The molecule has 1 aromatic heterocycles. The number of rotatable bonds is 3. The van der Waals surface area contributed by atoms with Crippen molar-refractivity contribution in [1.82, 2.24) is 9.97 Å². The average molecular weight is 295 g/mol. The first-order valence-electron chi connectivity index (χ1n) is 6.64. The molecular formula is C15H16F3N3. The molecule has 3 nitrogen and oxygen atoms in total. The SMILES string of the molecule is CCCc1nc(N)c(C)c(-c2ccccc2C(F)(F)F)n1. The fraction of sp³-hybridized carbons (Fsp3) is 0.333. The Morgan fingerprint density at radius 2 is 1.81 bits per heavy atom. The van der Waals surface area contributed by atoms with Gasteiger partial charge in [0.1, 0.15) is 11.6 Å². The zero-order chi connectivity index (χ0) is 15.6. The molecule has 0 aliphatic carbocycles. The van der Waals surface area contributed by atoms with Gasteiger partial charge in [-0.15, -0.1) is 0 Å². The largest absolute Gasteiger partial charge is 0.417 e. The van der Waals surface area contributed by atoms with Gasteiger partial charge in [-0.3, -0.25) is 0 Å². The molecule has 0 fully saturated rings. The lowest BCUT2D eigenvalue weighted by molar-refractivity contribution is -0.137. The van der Waals surface area contributed by atoms with Crippen molar-refractivity contribution in [2.75, 3.05) is 5.73 Å². The molecule has 0 saturated carbocycles. The number of nitrogens with two attached hydrogens (primary N) is 1. The minimum absolute atomic E-state index is 0.0361. The summed E-state index contributed by atoms with van der Waals surface area (Å²) >= 11 is 0. The Balaban J connectivity index is 2.67. The van der Waals surface area contributed by atoms with Crippen molar-refractivity contribution in [2.45, 2.75) is 32.9 Å². The number of nitrogens with zero attached hydrogens (tertiary/aromatic N) is 2. The van der Waals surface area contributed by atoms with Gasteiger partial charge in [0.2, 0.25) is 0 Å². The van der Waals surface area contributed by atoms with Crippen LogP contribution in [0.25, 0.3) is 11.3 Å². The molecule has 0 aliphatic heterocycles. The first-order chi connectivity index (χ1) is 9.84. The Morgan fingerprint density at radius 1 is 1.14 bits per heavy atom. The van der Waals surface area contributed by atoms with Crippen molar-refractivity contribution in [3.8, 4) is 11.3 Å². The lowest BCUT2D eigenvalue weighted by Gasteiger charge is -2.15. The van der Waals surface area contributed by atoms with E-state index in [0.717, 1.165) is 12.5 Å². The van der Waals surface area contributed by atoms with Crippen LogP contribution in [0.3, 0.4) is 0 Å². The molecule has 0 aliphatic rings. The van der Waals surface area contributed by atoms with Crippen LogP contribution in [0.15, 0.2) is 24.3 Å². The van der Waals surface area contributed by atoms with Gasteiger partial charge < -0.3 is 5.73 Å². The minimum atomic E-state index is -4.44. The molecule has 0 bridgehead atoms. The third-order valence-corrected chi connectivity index (χ3v) is 3.19. The molecule has 6 heteroatoms. The third-order valence-electron chi connectivity index (χ3n) is 3.19. The first kappa shape index (κ1) is 15.3. The number of hydrogen-bond donors (Lipinski definition) is 1. The molecule has 0 spiro atoms. The molecular weight excluding hydrogens is 279 g/mol. The molecule has 2 rings (SSSR count). The van der Waals surface area contributed by atoms with E-state index >= 15 is 0 Å². The third kappa shape index (κ3) is 3.15. The number of aromatic nitrogens is 2. The highest BCUT2D eigenvalue weighted by Gasteiger charge is 2.34. The van der Waals surface area contributed by atoms with Gasteiger partial charge in [-0.1, -0.05) is 25.1 Å². The summed E-state index contributed by atoms with van der Waals surface area (Å²) in [7, 11) is 0. The molecule has 1 aromatic carbocycles. The predicted octanol–water partition coefficient (Wildman–Crippen LogP) is 4.01. The molecule has 21 heavy (non-hydrogen) atoms. The van der Waals surface area contributed by atoms with E-state index in [-0.39, 0.29) is 17.1 Å². The molecule has 112 valence electrons. The van der Waals surface area contributed by atoms with Gasteiger partial charge >= 0.3 is 6.18 Å². The van der Waals surface area contributed by atoms with Crippen LogP contribution in [0.5, 0.6) is 0 Å². The highest BCUT2D eigenvalue weighted by Crippen LogP contribution is 2.37. The van der Waals surface area contributed by atoms with Crippen LogP contribution in [-0.4, -0.2) is 9.97 Å². The van der Waals surface area contributed by atoms with Crippen molar-refractivity contribution < 1.29 is 13.2 Å². The summed E-state index contributed by atoms with van der Waals surface area (Å²) < 4.78 is 39.4. The van der Waals surface area contributed by atoms with Gasteiger partial charge in [-0.05, 0) is 19.4 Å². The molecule has 0 saturated heterocycles. The Bertz CT molecular complexity index is 651. The van der Waals surface area contributed by atoms with E-state index in [1.54, 1.807) is 13.0 Å². The molecule has 0 radical (unpaired) electrons. The highest BCUT2D eigenvalue weighted by molar-refractivity contribution is 5.70. The zero-order valence-corrected chi connectivity index (χ0v) is 11.8. The fourth-order valence-corrected chi connectivity index (χ4v) is 2.12. The highest BCUT2D eigenvalue weighted by atomic mass is 19.4. The number of hydrogen-bond acceptors (Lipinski definition) is 3. The van der Waals surface area contributed by atoms with Gasteiger partial charge in [0.05, 0.1) is 11.3 Å². The fourth-order valence-electron chi connectivity index (χ4n) is 2.12. The summed E-state index contributed by atoms with van der Waals surface area (Å²) in [5, 5.41) is 0. The van der Waals surface area contributed by atoms with Gasteiger partial charge in [0.15, 0.2) is 0 Å². The van der Waals surface area contributed by atoms with Crippen LogP contribution in [0.2, 0.25) is 0 Å². The lowest BCUT2D eigenvalue weighted by Crippen LogP contribution is -2.10. The Kier molecular flexibility index (Phi) is 4.16. The number of aryl methyl sites for hydroxylation is 1. The molecule has 0 atom stereocenters. The van der Waals surface area contributed by atoms with E-state index in [9.17, 15) is 13.2 Å². The number of nitrogen functional groups attached to an aromatic ring is 1. The zero-order valence-electron chi connectivity index (χ0n) is 11.8. The molecule has 2 N–H and O–H groups in total. The van der Waals surface area contributed by atoms with Crippen LogP contribution < -0.4 is 5.73 Å². The quantitative estimate of drug-likeness (QED) is 0.931. The molecule has 0 amide bonds. The first-order valence-corrected chi connectivity index (χ1v) is 6.64. The van der Waals surface area contributed by atoms with Crippen molar-refractivity contribution in [1.29, 1.82) is 0 Å². The Hall–Kier alpha value is -2.11. The van der Waals surface area contributed by atoms with Crippen molar-refractivity contribution >= 4 is 5.82 Å². The summed E-state index contributed by atoms with van der Waals surface area (Å²) in [6.45, 7) is 3.58. The van der Waals surface area contributed by atoms with E-state index in [2.05, 4.69) is 9.97 Å². The summed E-state index contributed by atoms with van der Waals surface area (Å²) in [5.74, 6) is 0.688. The normalized spacial score (nSPS) is 11.7. The Morgan fingerprint density at radius 3 is 2.43 bits per heavy atom. The van der Waals surface area contributed by atoms with E-state index in [1.807, 2.05) is 6.92 Å². The van der Waals surface area contributed by atoms with E-state index in [0.29, 0.717) is 17.8 Å². The second-order valence-electron chi connectivity index (χ2n) is 4.79. The van der Waals surface area contributed by atoms with Crippen molar-refractivity contribution in [2.24, 2.45) is 0 Å². The van der Waals surface area contributed by atoms with Crippen LogP contribution >= 0.6 is 0 Å². The maximum absolute atomic E-state index is 13.1. The Labute approximate surface area is 121 Å². The van der Waals surface area contributed by atoms with Crippen LogP contribution in [0, 0.1) is 6.92 Å². The van der Waals surface area contributed by atoms with Crippen LogP contribution in [0.4, 0.5) is 19.0 Å². The number of benzene rings is 1. The number of anilines is 1. The smallest absolute Gasteiger partial charge is 0.383 e. The van der Waals surface area contributed by atoms with Gasteiger partial charge in [0.25, 0.3) is 0 Å². The van der Waals surface area contributed by atoms with E-state index in [4.69, 9.17) is 5.73 Å². The number of halogens is 3. The summed E-state index contributed by atoms with van der Waals surface area (Å²) in [5.41, 5.74) is 5.85. The predicted molar refractivity (Wildman–Crippen MR) is 75.6 cm³/mol. The van der Waals surface area contributed by atoms with Crippen molar-refractivity contribution in [3.05, 3.63) is 41.2 Å².